The fourth-order valence-electron chi connectivity index (χ4n) is 4.27. The first-order valence-electron chi connectivity index (χ1n) is 11.1. The maximum Gasteiger partial charge on any atom is 0.229 e. The van der Waals surface area contributed by atoms with E-state index in [1.165, 1.54) is 5.56 Å². The average molecular weight is 480 g/mol. The Hall–Kier alpha value is -2.90. The van der Waals surface area contributed by atoms with Crippen molar-refractivity contribution < 1.29 is 4.79 Å². The van der Waals surface area contributed by atoms with E-state index in [1.807, 2.05) is 36.7 Å². The molecule has 0 aliphatic carbocycles. The molecule has 1 aliphatic rings. The minimum absolute atomic E-state index is 0.0354. The van der Waals surface area contributed by atoms with Gasteiger partial charge in [-0.15, -0.1) is 0 Å². The van der Waals surface area contributed by atoms with E-state index in [0.29, 0.717) is 11.6 Å². The molecule has 2 aromatic heterocycles. The van der Waals surface area contributed by atoms with E-state index >= 15 is 0 Å². The Kier molecular flexibility index (Phi) is 5.85. The number of benzene rings is 2. The maximum atomic E-state index is 13.0. The van der Waals surface area contributed by atoms with Crippen LogP contribution in [0.15, 0.2) is 42.5 Å². The molecule has 33 heavy (non-hydrogen) atoms. The van der Waals surface area contributed by atoms with Crippen LogP contribution in [0.2, 0.25) is 5.02 Å². The van der Waals surface area contributed by atoms with Gasteiger partial charge in [-0.05, 0) is 63.4 Å². The van der Waals surface area contributed by atoms with Crippen molar-refractivity contribution in [3.05, 3.63) is 64.3 Å². The van der Waals surface area contributed by atoms with Gasteiger partial charge in [0.05, 0.1) is 22.0 Å². The summed E-state index contributed by atoms with van der Waals surface area (Å²) in [6.45, 7) is 7.57. The summed E-state index contributed by atoms with van der Waals surface area (Å²) in [6.07, 6.45) is 1.81. The second kappa shape index (κ2) is 8.80. The number of amides is 1. The second-order valence-corrected chi connectivity index (χ2v) is 10.1. The summed E-state index contributed by atoms with van der Waals surface area (Å²) in [6, 6.07) is 13.9. The molecule has 0 bridgehead atoms. The fourth-order valence-corrected chi connectivity index (χ4v) is 5.46. The number of halogens is 1. The lowest BCUT2D eigenvalue weighted by Gasteiger charge is -2.31. The summed E-state index contributed by atoms with van der Waals surface area (Å²) in [5, 5.41) is 9.39. The van der Waals surface area contributed by atoms with Crippen molar-refractivity contribution in [1.82, 2.24) is 14.8 Å². The van der Waals surface area contributed by atoms with Crippen molar-refractivity contribution in [2.45, 2.75) is 33.6 Å². The molecule has 0 saturated carbocycles. The number of carbonyl (C=O) groups is 1. The highest BCUT2D eigenvalue weighted by Gasteiger charge is 2.29. The highest BCUT2D eigenvalue weighted by molar-refractivity contribution is 7.22. The quantitative estimate of drug-likeness (QED) is 0.395. The maximum absolute atomic E-state index is 13.0. The number of piperidine rings is 1. The van der Waals surface area contributed by atoms with Crippen molar-refractivity contribution in [3.63, 3.8) is 0 Å². The van der Waals surface area contributed by atoms with Gasteiger partial charge in [-0.1, -0.05) is 46.7 Å². The van der Waals surface area contributed by atoms with Crippen molar-refractivity contribution in [3.8, 4) is 5.69 Å². The zero-order valence-corrected chi connectivity index (χ0v) is 20.5. The smallest absolute Gasteiger partial charge is 0.229 e. The number of hydrogen-bond donors (Lipinski definition) is 1. The molecule has 170 valence electrons. The first-order valence-corrected chi connectivity index (χ1v) is 12.3. The zero-order valence-electron chi connectivity index (χ0n) is 18.9. The lowest BCUT2D eigenvalue weighted by molar-refractivity contribution is -0.120. The monoisotopic (exact) mass is 479 g/mol. The SMILES string of the molecule is Cc1ccc(-n2nc(C)c3sc(N4CCCC(C(=O)Nc5cccc(Cl)c5C)C4)nc32)cc1. The van der Waals surface area contributed by atoms with Gasteiger partial charge in [0.25, 0.3) is 0 Å². The number of anilines is 2. The predicted molar refractivity (Wildman–Crippen MR) is 136 cm³/mol. The lowest BCUT2D eigenvalue weighted by Crippen LogP contribution is -2.40. The fraction of sp³-hybridized carbons (Fsp3) is 0.320. The number of fused-ring (bicyclic) bond motifs is 1. The van der Waals surface area contributed by atoms with Gasteiger partial charge >= 0.3 is 0 Å². The molecular formula is C25H26ClN5OS. The number of nitrogens with zero attached hydrogens (tertiary/aromatic N) is 4. The van der Waals surface area contributed by atoms with Crippen molar-refractivity contribution in [1.29, 1.82) is 0 Å². The third kappa shape index (κ3) is 4.23. The lowest BCUT2D eigenvalue weighted by atomic mass is 9.97. The van der Waals surface area contributed by atoms with E-state index in [2.05, 4.69) is 41.4 Å². The Morgan fingerprint density at radius 2 is 1.94 bits per heavy atom. The van der Waals surface area contributed by atoms with E-state index in [9.17, 15) is 4.79 Å². The van der Waals surface area contributed by atoms with Crippen molar-refractivity contribution in [2.24, 2.45) is 5.92 Å². The second-order valence-electron chi connectivity index (χ2n) is 8.67. The molecule has 5 rings (SSSR count). The van der Waals surface area contributed by atoms with E-state index in [-0.39, 0.29) is 11.8 Å². The summed E-state index contributed by atoms with van der Waals surface area (Å²) in [5.74, 6) is -0.0629. The number of thiazole rings is 1. The van der Waals surface area contributed by atoms with Crippen LogP contribution >= 0.6 is 22.9 Å². The molecule has 1 amide bonds. The minimum Gasteiger partial charge on any atom is -0.347 e. The van der Waals surface area contributed by atoms with Crippen LogP contribution in [0.1, 0.15) is 29.7 Å². The Morgan fingerprint density at radius 3 is 2.73 bits per heavy atom. The molecule has 1 unspecified atom stereocenters. The summed E-state index contributed by atoms with van der Waals surface area (Å²) >= 11 is 7.87. The van der Waals surface area contributed by atoms with Crippen LogP contribution in [0, 0.1) is 26.7 Å². The van der Waals surface area contributed by atoms with Gasteiger partial charge in [0.1, 0.15) is 0 Å². The van der Waals surface area contributed by atoms with Crippen LogP contribution in [0.5, 0.6) is 0 Å². The zero-order chi connectivity index (χ0) is 23.1. The molecule has 1 fully saturated rings. The first-order chi connectivity index (χ1) is 15.9. The van der Waals surface area contributed by atoms with Gasteiger partial charge < -0.3 is 10.2 Å². The molecular weight excluding hydrogens is 454 g/mol. The average Bonchev–Trinajstić information content (AvgIpc) is 3.38. The van der Waals surface area contributed by atoms with E-state index in [4.69, 9.17) is 21.7 Å². The predicted octanol–water partition coefficient (Wildman–Crippen LogP) is 5.92. The van der Waals surface area contributed by atoms with E-state index < -0.39 is 0 Å². The number of aryl methyl sites for hydroxylation is 2. The van der Waals surface area contributed by atoms with Crippen LogP contribution in [0.3, 0.4) is 0 Å². The Bertz CT molecular complexity index is 1330. The molecule has 1 saturated heterocycles. The Morgan fingerprint density at radius 1 is 1.15 bits per heavy atom. The molecule has 4 aromatic rings. The summed E-state index contributed by atoms with van der Waals surface area (Å²) < 4.78 is 3.01. The van der Waals surface area contributed by atoms with Crippen LogP contribution in [0.4, 0.5) is 10.8 Å². The number of hydrogen-bond acceptors (Lipinski definition) is 5. The first kappa shape index (κ1) is 21.9. The Labute approximate surface area is 202 Å². The molecule has 1 atom stereocenters. The number of aromatic nitrogens is 3. The summed E-state index contributed by atoms with van der Waals surface area (Å²) in [5.41, 5.74) is 5.72. The standard InChI is InChI=1S/C25H26ClN5OS/c1-15-9-11-19(12-10-15)31-23-22(17(3)29-31)33-25(28-23)30-13-5-6-18(14-30)24(32)27-21-8-4-7-20(26)16(21)2/h4,7-12,18H,5-6,13-14H2,1-3H3,(H,27,32). The summed E-state index contributed by atoms with van der Waals surface area (Å²) in [4.78, 5) is 20.2. The summed E-state index contributed by atoms with van der Waals surface area (Å²) in [7, 11) is 0. The van der Waals surface area contributed by atoms with E-state index in [1.54, 1.807) is 11.3 Å². The number of carbonyl (C=O) groups excluding carboxylic acids is 1. The molecule has 8 heteroatoms. The van der Waals surface area contributed by atoms with Crippen molar-refractivity contribution >= 4 is 50.0 Å². The van der Waals surface area contributed by atoms with Gasteiger partial charge in [-0.25, -0.2) is 4.68 Å². The van der Waals surface area contributed by atoms with Crippen LogP contribution in [-0.2, 0) is 4.79 Å². The third-order valence-electron chi connectivity index (χ3n) is 6.24. The van der Waals surface area contributed by atoms with Gasteiger partial charge in [-0.3, -0.25) is 4.79 Å². The molecule has 0 spiro atoms. The molecule has 1 N–H and O–H groups in total. The topological polar surface area (TPSA) is 63.1 Å². The van der Waals surface area contributed by atoms with Crippen LogP contribution < -0.4 is 10.2 Å². The molecule has 6 nitrogen and oxygen atoms in total. The van der Waals surface area contributed by atoms with Gasteiger partial charge in [0.2, 0.25) is 5.91 Å². The van der Waals surface area contributed by atoms with Crippen molar-refractivity contribution in [2.75, 3.05) is 23.3 Å². The highest BCUT2D eigenvalue weighted by Crippen LogP contribution is 2.35. The third-order valence-corrected chi connectivity index (χ3v) is 7.87. The minimum atomic E-state index is -0.0983. The number of nitrogens with one attached hydrogen (secondary N) is 1. The van der Waals surface area contributed by atoms with Gasteiger partial charge in [0.15, 0.2) is 10.8 Å². The normalized spacial score (nSPS) is 16.4. The van der Waals surface area contributed by atoms with Crippen LogP contribution in [-0.4, -0.2) is 33.8 Å². The highest BCUT2D eigenvalue weighted by atomic mass is 35.5. The molecule has 1 aliphatic heterocycles. The largest absolute Gasteiger partial charge is 0.347 e. The molecule has 3 heterocycles. The van der Waals surface area contributed by atoms with E-state index in [0.717, 1.165) is 57.5 Å². The van der Waals surface area contributed by atoms with Gasteiger partial charge in [-0.2, -0.15) is 10.1 Å². The number of rotatable bonds is 4. The van der Waals surface area contributed by atoms with Crippen LogP contribution in [0.25, 0.3) is 16.0 Å². The molecule has 2 aromatic carbocycles. The Balaban J connectivity index is 1.37. The van der Waals surface area contributed by atoms with Gasteiger partial charge in [0, 0.05) is 23.8 Å². The molecule has 0 radical (unpaired) electrons.